The molecule has 0 bridgehead atoms. The van der Waals surface area contributed by atoms with Crippen molar-refractivity contribution in [2.24, 2.45) is 0 Å². The monoisotopic (exact) mass is 267 g/mol. The third-order valence-electron chi connectivity index (χ3n) is 3.18. The molecule has 1 aliphatic carbocycles. The van der Waals surface area contributed by atoms with E-state index in [4.69, 9.17) is 0 Å². The van der Waals surface area contributed by atoms with Crippen LogP contribution in [0.25, 0.3) is 0 Å². The molecular formula is C12H13NO4S. The van der Waals surface area contributed by atoms with Crippen molar-refractivity contribution in [1.29, 1.82) is 0 Å². The van der Waals surface area contributed by atoms with E-state index in [1.165, 1.54) is 12.1 Å². The molecule has 0 aromatic heterocycles. The van der Waals surface area contributed by atoms with E-state index in [0.717, 1.165) is 0 Å². The largest absolute Gasteiger partial charge is 0.264 e. The minimum Gasteiger partial charge on any atom is -0.264 e. The number of nitrogens with zero attached hydrogens (tertiary/aromatic N) is 1. The van der Waals surface area contributed by atoms with Crippen molar-refractivity contribution in [3.05, 3.63) is 52.6 Å². The molecule has 5 nitrogen and oxygen atoms in total. The molecule has 0 saturated heterocycles. The first-order chi connectivity index (χ1) is 8.43. The van der Waals surface area contributed by atoms with Crippen LogP contribution in [0, 0.1) is 10.1 Å². The minimum absolute atomic E-state index is 0.0169. The van der Waals surface area contributed by atoms with Gasteiger partial charge in [0, 0.05) is 17.8 Å². The van der Waals surface area contributed by atoms with Gasteiger partial charge in [0.05, 0.1) is 10.1 Å². The average molecular weight is 267 g/mol. The second-order valence-corrected chi connectivity index (χ2v) is 6.51. The molecule has 0 unspecified atom stereocenters. The van der Waals surface area contributed by atoms with Gasteiger partial charge in [0.25, 0.3) is 0 Å². The maximum absolute atomic E-state index is 12.3. The van der Waals surface area contributed by atoms with E-state index in [1.807, 2.05) is 0 Å². The third-order valence-corrected chi connectivity index (χ3v) is 5.39. The number of sulfone groups is 1. The van der Waals surface area contributed by atoms with Gasteiger partial charge in [0.2, 0.25) is 6.04 Å². The van der Waals surface area contributed by atoms with Gasteiger partial charge < -0.3 is 0 Å². The van der Waals surface area contributed by atoms with Crippen molar-refractivity contribution in [2.75, 3.05) is 0 Å². The number of hydrogen-bond donors (Lipinski definition) is 0. The van der Waals surface area contributed by atoms with Crippen molar-refractivity contribution in [2.45, 2.75) is 29.0 Å². The normalized spacial score (nSPS) is 24.1. The van der Waals surface area contributed by atoms with Gasteiger partial charge in [-0.3, -0.25) is 10.1 Å². The van der Waals surface area contributed by atoms with Gasteiger partial charge in [-0.05, 0) is 12.1 Å². The van der Waals surface area contributed by atoms with Crippen LogP contribution in [-0.4, -0.2) is 24.6 Å². The fourth-order valence-electron chi connectivity index (χ4n) is 2.21. The average Bonchev–Trinajstić information content (AvgIpc) is 2.73. The summed E-state index contributed by atoms with van der Waals surface area (Å²) in [7, 11) is -3.56. The standard InChI is InChI=1S/C12H13NO4S/c1-9-7-10(13(14)15)8-12(9)18(16,17)11-5-3-2-4-6-11/h2-6,10,12H,1,7-8H2/t10-,12-/m1/s1. The molecule has 0 aliphatic heterocycles. The molecule has 96 valence electrons. The summed E-state index contributed by atoms with van der Waals surface area (Å²) in [5, 5.41) is 9.89. The van der Waals surface area contributed by atoms with E-state index in [9.17, 15) is 18.5 Å². The molecule has 1 saturated carbocycles. The Hall–Kier alpha value is -1.69. The molecule has 0 heterocycles. The zero-order valence-electron chi connectivity index (χ0n) is 9.65. The Balaban J connectivity index is 2.33. The lowest BCUT2D eigenvalue weighted by molar-refractivity contribution is -0.519. The van der Waals surface area contributed by atoms with Crippen LogP contribution >= 0.6 is 0 Å². The topological polar surface area (TPSA) is 77.3 Å². The Morgan fingerprint density at radius 1 is 1.28 bits per heavy atom. The molecular weight excluding hydrogens is 254 g/mol. The molecule has 0 amide bonds. The van der Waals surface area contributed by atoms with E-state index < -0.39 is 26.1 Å². The molecule has 0 radical (unpaired) electrons. The highest BCUT2D eigenvalue weighted by atomic mass is 32.2. The molecule has 18 heavy (non-hydrogen) atoms. The van der Waals surface area contributed by atoms with Crippen LogP contribution in [0.4, 0.5) is 0 Å². The molecule has 1 aromatic carbocycles. The Bertz CT molecular complexity index is 579. The van der Waals surface area contributed by atoms with Crippen molar-refractivity contribution in [1.82, 2.24) is 0 Å². The lowest BCUT2D eigenvalue weighted by Gasteiger charge is -2.11. The van der Waals surface area contributed by atoms with Crippen molar-refractivity contribution in [3.63, 3.8) is 0 Å². The van der Waals surface area contributed by atoms with Gasteiger partial charge in [-0.1, -0.05) is 30.4 Å². The van der Waals surface area contributed by atoms with Crippen LogP contribution in [-0.2, 0) is 9.84 Å². The maximum Gasteiger partial charge on any atom is 0.218 e. The van der Waals surface area contributed by atoms with Gasteiger partial charge in [0.1, 0.15) is 0 Å². The van der Waals surface area contributed by atoms with Crippen LogP contribution in [0.3, 0.4) is 0 Å². The fourth-order valence-corrected chi connectivity index (χ4v) is 4.09. The first-order valence-electron chi connectivity index (χ1n) is 5.53. The fraction of sp³-hybridized carbons (Fsp3) is 0.333. The first kappa shape index (κ1) is 12.8. The summed E-state index contributed by atoms with van der Waals surface area (Å²) in [6.45, 7) is 3.68. The van der Waals surface area contributed by atoms with Crippen LogP contribution in [0.15, 0.2) is 47.4 Å². The zero-order valence-corrected chi connectivity index (χ0v) is 10.5. The molecule has 1 aromatic rings. The molecule has 1 aliphatic rings. The quantitative estimate of drug-likeness (QED) is 0.475. The summed E-state index contributed by atoms with van der Waals surface area (Å²) in [6.07, 6.45) is 0.160. The summed E-state index contributed by atoms with van der Waals surface area (Å²) in [4.78, 5) is 10.5. The Labute approximate surface area is 105 Å². The highest BCUT2D eigenvalue weighted by Gasteiger charge is 2.43. The molecule has 2 rings (SSSR count). The summed E-state index contributed by atoms with van der Waals surface area (Å²) in [6, 6.07) is 7.17. The van der Waals surface area contributed by atoms with Crippen LogP contribution in [0.1, 0.15) is 12.8 Å². The Kier molecular flexibility index (Phi) is 3.21. The highest BCUT2D eigenvalue weighted by Crippen LogP contribution is 2.34. The Morgan fingerprint density at radius 2 is 1.89 bits per heavy atom. The van der Waals surface area contributed by atoms with E-state index in [0.29, 0.717) is 5.57 Å². The highest BCUT2D eigenvalue weighted by molar-refractivity contribution is 7.92. The number of rotatable bonds is 3. The van der Waals surface area contributed by atoms with Crippen molar-refractivity contribution < 1.29 is 13.3 Å². The Morgan fingerprint density at radius 3 is 2.39 bits per heavy atom. The van der Waals surface area contributed by atoms with E-state index >= 15 is 0 Å². The predicted octanol–water partition coefficient (Wildman–Crippen LogP) is 1.82. The lowest BCUT2D eigenvalue weighted by Crippen LogP contribution is -2.22. The van der Waals surface area contributed by atoms with Crippen molar-refractivity contribution >= 4 is 9.84 Å². The van der Waals surface area contributed by atoms with E-state index in [2.05, 4.69) is 6.58 Å². The third kappa shape index (κ3) is 2.15. The number of hydrogen-bond acceptors (Lipinski definition) is 4. The summed E-state index contributed by atoms with van der Waals surface area (Å²) >= 11 is 0. The van der Waals surface area contributed by atoms with Crippen LogP contribution in [0.5, 0.6) is 0 Å². The van der Waals surface area contributed by atoms with Crippen LogP contribution in [0.2, 0.25) is 0 Å². The molecule has 6 heteroatoms. The summed E-state index contributed by atoms with van der Waals surface area (Å²) in [5.74, 6) is 0. The van der Waals surface area contributed by atoms with Gasteiger partial charge >= 0.3 is 0 Å². The van der Waals surface area contributed by atoms with Crippen molar-refractivity contribution in [3.8, 4) is 0 Å². The van der Waals surface area contributed by atoms with Gasteiger partial charge in [0.15, 0.2) is 9.84 Å². The maximum atomic E-state index is 12.3. The molecule has 0 spiro atoms. The molecule has 0 N–H and O–H groups in total. The van der Waals surface area contributed by atoms with E-state index in [-0.39, 0.29) is 17.7 Å². The second kappa shape index (κ2) is 4.53. The van der Waals surface area contributed by atoms with Gasteiger partial charge in [-0.15, -0.1) is 0 Å². The predicted molar refractivity (Wildman–Crippen MR) is 66.6 cm³/mol. The zero-order chi connectivity index (χ0) is 13.3. The van der Waals surface area contributed by atoms with Crippen LogP contribution < -0.4 is 0 Å². The number of nitro groups is 1. The summed E-state index contributed by atoms with van der Waals surface area (Å²) < 4.78 is 24.7. The summed E-state index contributed by atoms with van der Waals surface area (Å²) in [5.41, 5.74) is 0.431. The minimum atomic E-state index is -3.56. The first-order valence-corrected chi connectivity index (χ1v) is 7.07. The van der Waals surface area contributed by atoms with Gasteiger partial charge in [-0.25, -0.2) is 8.42 Å². The number of benzene rings is 1. The SMILES string of the molecule is C=C1C[C@@H]([N+](=O)[O-])C[C@H]1S(=O)(=O)c1ccccc1. The van der Waals surface area contributed by atoms with E-state index in [1.54, 1.807) is 18.2 Å². The second-order valence-electron chi connectivity index (χ2n) is 4.38. The lowest BCUT2D eigenvalue weighted by atomic mass is 10.2. The molecule has 2 atom stereocenters. The smallest absolute Gasteiger partial charge is 0.218 e. The van der Waals surface area contributed by atoms with Gasteiger partial charge in [-0.2, -0.15) is 0 Å². The molecule has 1 fully saturated rings.